The fraction of sp³-hybridized carbons (Fsp3) is 0.226. The summed E-state index contributed by atoms with van der Waals surface area (Å²) in [5.74, 6) is -1.02. The Balaban J connectivity index is 1.49. The number of hydrogen-bond donors (Lipinski definition) is 1. The molecule has 0 saturated heterocycles. The van der Waals surface area contributed by atoms with Gasteiger partial charge in [-0.15, -0.1) is 11.3 Å². The molecule has 1 aliphatic carbocycles. The Hall–Kier alpha value is -4.66. The van der Waals surface area contributed by atoms with Gasteiger partial charge in [-0.25, -0.2) is 4.79 Å². The average Bonchev–Trinajstić information content (AvgIpc) is 3.49. The molecule has 2 heterocycles. The van der Waals surface area contributed by atoms with Crippen molar-refractivity contribution < 1.29 is 14.3 Å². The lowest BCUT2D eigenvalue weighted by Gasteiger charge is -2.12. The Morgan fingerprint density at radius 3 is 2.67 bits per heavy atom. The van der Waals surface area contributed by atoms with Gasteiger partial charge in [0.1, 0.15) is 16.6 Å². The van der Waals surface area contributed by atoms with E-state index in [0.717, 1.165) is 52.6 Å². The number of nitrogens with one attached hydrogen (secondary N) is 1. The van der Waals surface area contributed by atoms with Gasteiger partial charge in [0.05, 0.1) is 23.8 Å². The van der Waals surface area contributed by atoms with Crippen LogP contribution in [0, 0.1) is 22.7 Å². The average molecular weight is 535 g/mol. The normalized spacial score (nSPS) is 12.8. The number of amides is 1. The number of aromatic nitrogens is 1. The van der Waals surface area contributed by atoms with Crippen LogP contribution in [-0.2, 0) is 28.9 Å². The molecule has 0 spiro atoms. The topological polar surface area (TPSA) is 108 Å². The number of thiophene rings is 1. The van der Waals surface area contributed by atoms with E-state index >= 15 is 0 Å². The molecule has 0 unspecified atom stereocenters. The second kappa shape index (κ2) is 11.4. The van der Waals surface area contributed by atoms with Gasteiger partial charge in [-0.3, -0.25) is 4.79 Å². The number of nitrogens with zero attached hydrogens (tertiary/aromatic N) is 3. The Labute approximate surface area is 230 Å². The van der Waals surface area contributed by atoms with E-state index in [1.54, 1.807) is 19.1 Å². The van der Waals surface area contributed by atoms with Gasteiger partial charge in [0.15, 0.2) is 0 Å². The van der Waals surface area contributed by atoms with E-state index in [9.17, 15) is 20.1 Å². The Kier molecular flexibility index (Phi) is 7.58. The van der Waals surface area contributed by atoms with E-state index < -0.39 is 11.9 Å². The monoisotopic (exact) mass is 534 g/mol. The quantitative estimate of drug-likeness (QED) is 0.172. The van der Waals surface area contributed by atoms with Gasteiger partial charge >= 0.3 is 5.97 Å². The minimum atomic E-state index is -0.576. The largest absolute Gasteiger partial charge is 0.462 e. The van der Waals surface area contributed by atoms with E-state index in [1.165, 1.54) is 11.3 Å². The molecule has 5 rings (SSSR count). The van der Waals surface area contributed by atoms with Crippen LogP contribution in [0.4, 0.5) is 5.00 Å². The zero-order valence-corrected chi connectivity index (χ0v) is 22.3. The third-order valence-corrected chi connectivity index (χ3v) is 8.05. The van der Waals surface area contributed by atoms with E-state index in [0.29, 0.717) is 28.2 Å². The summed E-state index contributed by atoms with van der Waals surface area (Å²) in [5, 5.41) is 23.6. The molecule has 0 bridgehead atoms. The van der Waals surface area contributed by atoms with Gasteiger partial charge in [-0.2, -0.15) is 10.5 Å². The highest BCUT2D eigenvalue weighted by atomic mass is 32.1. The van der Waals surface area contributed by atoms with Crippen molar-refractivity contribution in [1.82, 2.24) is 4.57 Å². The van der Waals surface area contributed by atoms with E-state index in [4.69, 9.17) is 4.74 Å². The van der Waals surface area contributed by atoms with Crippen molar-refractivity contribution in [3.8, 4) is 12.1 Å². The lowest BCUT2D eigenvalue weighted by Crippen LogP contribution is -2.16. The standard InChI is InChI=1S/C31H26N4O3S/c1-2-38-31(37)28-25-12-6-8-14-27(25)39-30(28)34-29(36)22(17-33)15-23-19-35(26-13-7-5-11-24(23)26)18-21-10-4-3-9-20(21)16-32/h3-5,7,9-11,13,15,19H,2,6,8,12,14,18H2,1H3,(H,34,36)/b22-15+. The van der Waals surface area contributed by atoms with Crippen LogP contribution in [0.25, 0.3) is 17.0 Å². The van der Waals surface area contributed by atoms with Gasteiger partial charge in [0, 0.05) is 34.1 Å². The molecular weight excluding hydrogens is 508 g/mol. The van der Waals surface area contributed by atoms with Crippen LogP contribution in [0.2, 0.25) is 0 Å². The zero-order valence-electron chi connectivity index (χ0n) is 21.5. The number of rotatable bonds is 7. The molecule has 1 N–H and O–H groups in total. The lowest BCUT2D eigenvalue weighted by atomic mass is 9.95. The SMILES string of the molecule is CCOC(=O)c1c(NC(=O)/C(C#N)=C/c2cn(Cc3ccccc3C#N)c3ccccc23)sc2c1CCCC2. The van der Waals surface area contributed by atoms with Crippen LogP contribution in [0.3, 0.4) is 0 Å². The molecule has 1 aliphatic rings. The van der Waals surface area contributed by atoms with Crippen molar-refractivity contribution in [2.24, 2.45) is 0 Å². The maximum Gasteiger partial charge on any atom is 0.341 e. The van der Waals surface area contributed by atoms with Crippen LogP contribution in [-0.4, -0.2) is 23.1 Å². The van der Waals surface area contributed by atoms with Crippen LogP contribution < -0.4 is 5.32 Å². The summed E-state index contributed by atoms with van der Waals surface area (Å²) < 4.78 is 7.30. The fourth-order valence-corrected chi connectivity index (χ4v) is 6.29. The Morgan fingerprint density at radius 2 is 1.87 bits per heavy atom. The smallest absolute Gasteiger partial charge is 0.341 e. The minimum Gasteiger partial charge on any atom is -0.462 e. The van der Waals surface area contributed by atoms with Gasteiger partial charge in [-0.1, -0.05) is 36.4 Å². The van der Waals surface area contributed by atoms with Gasteiger partial charge in [0.25, 0.3) is 5.91 Å². The highest BCUT2D eigenvalue weighted by Gasteiger charge is 2.28. The molecule has 0 saturated carbocycles. The van der Waals surface area contributed by atoms with Gasteiger partial charge in [0.2, 0.25) is 0 Å². The number of benzene rings is 2. The molecule has 0 aliphatic heterocycles. The fourth-order valence-electron chi connectivity index (χ4n) is 5.02. The van der Waals surface area contributed by atoms with Crippen LogP contribution in [0.5, 0.6) is 0 Å². The van der Waals surface area contributed by atoms with Gasteiger partial charge in [-0.05, 0) is 61.9 Å². The first kappa shape index (κ1) is 26.0. The van der Waals surface area contributed by atoms with Gasteiger partial charge < -0.3 is 14.6 Å². The molecule has 1 amide bonds. The first-order valence-electron chi connectivity index (χ1n) is 12.8. The number of esters is 1. The van der Waals surface area contributed by atoms with Crippen LogP contribution in [0.1, 0.15) is 57.3 Å². The van der Waals surface area contributed by atoms with Crippen molar-refractivity contribution in [3.63, 3.8) is 0 Å². The zero-order chi connectivity index (χ0) is 27.4. The molecule has 2 aromatic heterocycles. The van der Waals surface area contributed by atoms with E-state index in [-0.39, 0.29) is 12.2 Å². The maximum absolute atomic E-state index is 13.3. The van der Waals surface area contributed by atoms with E-state index in [2.05, 4.69) is 11.4 Å². The molecule has 0 atom stereocenters. The molecule has 8 heteroatoms. The number of fused-ring (bicyclic) bond motifs is 2. The number of hydrogen-bond acceptors (Lipinski definition) is 6. The van der Waals surface area contributed by atoms with Crippen molar-refractivity contribution in [3.05, 3.63) is 93.0 Å². The van der Waals surface area contributed by atoms with Crippen molar-refractivity contribution >= 4 is 45.2 Å². The van der Waals surface area contributed by atoms with Crippen molar-refractivity contribution in [1.29, 1.82) is 10.5 Å². The van der Waals surface area contributed by atoms with E-state index in [1.807, 2.05) is 59.3 Å². The van der Waals surface area contributed by atoms with Crippen LogP contribution in [0.15, 0.2) is 60.3 Å². The molecule has 2 aromatic carbocycles. The summed E-state index contributed by atoms with van der Waals surface area (Å²) in [6.45, 7) is 2.46. The summed E-state index contributed by atoms with van der Waals surface area (Å²) >= 11 is 1.39. The Bertz CT molecular complexity index is 1700. The first-order chi connectivity index (χ1) is 19.0. The third kappa shape index (κ3) is 5.20. The third-order valence-electron chi connectivity index (χ3n) is 6.84. The molecule has 0 radical (unpaired) electrons. The maximum atomic E-state index is 13.3. The number of carbonyl (C=O) groups is 2. The van der Waals surface area contributed by atoms with Crippen molar-refractivity contribution in [2.45, 2.75) is 39.2 Å². The molecule has 4 aromatic rings. The second-order valence-electron chi connectivity index (χ2n) is 9.26. The highest BCUT2D eigenvalue weighted by Crippen LogP contribution is 2.39. The molecule has 0 fully saturated rings. The Morgan fingerprint density at radius 1 is 1.10 bits per heavy atom. The molecule has 39 heavy (non-hydrogen) atoms. The number of para-hydroxylation sites is 1. The van der Waals surface area contributed by atoms with Crippen LogP contribution >= 0.6 is 11.3 Å². The lowest BCUT2D eigenvalue weighted by molar-refractivity contribution is -0.112. The number of carbonyl (C=O) groups excluding carboxylic acids is 2. The number of ether oxygens (including phenoxy) is 1. The molecule has 194 valence electrons. The summed E-state index contributed by atoms with van der Waals surface area (Å²) in [5.41, 5.74) is 4.39. The first-order valence-corrected chi connectivity index (χ1v) is 13.7. The minimum absolute atomic E-state index is 0.0727. The molecular formula is C31H26N4O3S. The van der Waals surface area contributed by atoms with Crippen molar-refractivity contribution in [2.75, 3.05) is 11.9 Å². The summed E-state index contributed by atoms with van der Waals surface area (Å²) in [6, 6.07) is 19.4. The predicted octanol–water partition coefficient (Wildman–Crippen LogP) is 6.22. The second-order valence-corrected chi connectivity index (χ2v) is 10.4. The number of anilines is 1. The predicted molar refractivity (Wildman–Crippen MR) is 151 cm³/mol. The number of nitriles is 2. The summed E-state index contributed by atoms with van der Waals surface area (Å²) in [7, 11) is 0. The highest BCUT2D eigenvalue weighted by molar-refractivity contribution is 7.17. The summed E-state index contributed by atoms with van der Waals surface area (Å²) in [4.78, 5) is 27.2. The summed E-state index contributed by atoms with van der Waals surface area (Å²) in [6.07, 6.45) is 7.10. The molecule has 7 nitrogen and oxygen atoms in total. The number of aryl methyl sites for hydroxylation is 1.